The highest BCUT2D eigenvalue weighted by atomic mass is 16.3. The molecule has 0 radical (unpaired) electrons. The highest BCUT2D eigenvalue weighted by Gasteiger charge is 2.18. The van der Waals surface area contributed by atoms with Crippen LogP contribution >= 0.6 is 0 Å². The molecule has 1 fully saturated rings. The van der Waals surface area contributed by atoms with Gasteiger partial charge in [0, 0.05) is 0 Å². The lowest BCUT2D eigenvalue weighted by Crippen LogP contribution is -2.44. The van der Waals surface area contributed by atoms with Gasteiger partial charge in [-0.05, 0) is 19.4 Å². The van der Waals surface area contributed by atoms with Crippen molar-refractivity contribution in [3.05, 3.63) is 0 Å². The molecule has 0 spiro atoms. The normalized spacial score (nSPS) is 39.8. The average Bonchev–Trinajstić information content (AvgIpc) is 1.77. The SMILES string of the molecule is OC1CCCNC1O. The van der Waals surface area contributed by atoms with Gasteiger partial charge in [-0.3, -0.25) is 5.32 Å². The second-order valence-electron chi connectivity index (χ2n) is 2.11. The van der Waals surface area contributed by atoms with Gasteiger partial charge in [-0.25, -0.2) is 0 Å². The van der Waals surface area contributed by atoms with Crippen molar-refractivity contribution in [3.63, 3.8) is 0 Å². The van der Waals surface area contributed by atoms with E-state index in [1.54, 1.807) is 0 Å². The summed E-state index contributed by atoms with van der Waals surface area (Å²) >= 11 is 0. The molecule has 0 aromatic carbocycles. The summed E-state index contributed by atoms with van der Waals surface area (Å²) in [5.41, 5.74) is 0. The molecule has 1 saturated heterocycles. The third-order valence-electron chi connectivity index (χ3n) is 1.39. The van der Waals surface area contributed by atoms with Crippen LogP contribution in [0.1, 0.15) is 12.8 Å². The summed E-state index contributed by atoms with van der Waals surface area (Å²) in [5.74, 6) is 0. The maximum absolute atomic E-state index is 8.87. The number of aliphatic hydroxyl groups excluding tert-OH is 2. The molecule has 0 saturated carbocycles. The van der Waals surface area contributed by atoms with E-state index >= 15 is 0 Å². The largest absolute Gasteiger partial charge is 0.389 e. The van der Waals surface area contributed by atoms with Gasteiger partial charge in [-0.1, -0.05) is 0 Å². The van der Waals surface area contributed by atoms with E-state index in [4.69, 9.17) is 10.2 Å². The van der Waals surface area contributed by atoms with Crippen molar-refractivity contribution in [3.8, 4) is 0 Å². The van der Waals surface area contributed by atoms with Crippen LogP contribution in [-0.4, -0.2) is 29.1 Å². The Balaban J connectivity index is 2.28. The lowest BCUT2D eigenvalue weighted by molar-refractivity contribution is -0.0226. The highest BCUT2D eigenvalue weighted by Crippen LogP contribution is 2.04. The number of nitrogens with one attached hydrogen (secondary N) is 1. The van der Waals surface area contributed by atoms with Gasteiger partial charge in [0.25, 0.3) is 0 Å². The Kier molecular flexibility index (Phi) is 1.83. The third-order valence-corrected chi connectivity index (χ3v) is 1.39. The fourth-order valence-corrected chi connectivity index (χ4v) is 0.855. The van der Waals surface area contributed by atoms with Crippen LogP contribution in [0.3, 0.4) is 0 Å². The maximum atomic E-state index is 8.87. The van der Waals surface area contributed by atoms with Gasteiger partial charge >= 0.3 is 0 Å². The zero-order chi connectivity index (χ0) is 5.98. The quantitative estimate of drug-likeness (QED) is 0.383. The van der Waals surface area contributed by atoms with E-state index in [0.29, 0.717) is 6.42 Å². The van der Waals surface area contributed by atoms with E-state index in [1.807, 2.05) is 0 Å². The lowest BCUT2D eigenvalue weighted by atomic mass is 10.1. The summed E-state index contributed by atoms with van der Waals surface area (Å²) in [6.07, 6.45) is 0.430. The van der Waals surface area contributed by atoms with Crippen molar-refractivity contribution in [2.45, 2.75) is 25.2 Å². The molecule has 2 unspecified atom stereocenters. The predicted octanol–water partition coefficient (Wildman–Crippen LogP) is -0.951. The number of rotatable bonds is 0. The second-order valence-corrected chi connectivity index (χ2v) is 2.11. The third kappa shape index (κ3) is 1.18. The Labute approximate surface area is 48.3 Å². The van der Waals surface area contributed by atoms with Crippen LogP contribution in [0.5, 0.6) is 0 Å². The van der Waals surface area contributed by atoms with Crippen molar-refractivity contribution in [2.75, 3.05) is 6.54 Å². The minimum absolute atomic E-state index is 0.552. The molecule has 0 amide bonds. The van der Waals surface area contributed by atoms with Crippen molar-refractivity contribution in [2.24, 2.45) is 0 Å². The Morgan fingerprint density at radius 3 is 2.50 bits per heavy atom. The van der Waals surface area contributed by atoms with E-state index in [2.05, 4.69) is 5.32 Å². The zero-order valence-corrected chi connectivity index (χ0v) is 4.67. The molecule has 48 valence electrons. The monoisotopic (exact) mass is 117 g/mol. The first-order valence-electron chi connectivity index (χ1n) is 2.90. The van der Waals surface area contributed by atoms with E-state index in [0.717, 1.165) is 13.0 Å². The van der Waals surface area contributed by atoms with Gasteiger partial charge < -0.3 is 10.2 Å². The van der Waals surface area contributed by atoms with Crippen LogP contribution in [0.25, 0.3) is 0 Å². The van der Waals surface area contributed by atoms with Gasteiger partial charge in [0.1, 0.15) is 6.23 Å². The van der Waals surface area contributed by atoms with Crippen LogP contribution in [0.2, 0.25) is 0 Å². The van der Waals surface area contributed by atoms with Crippen LogP contribution in [0.4, 0.5) is 0 Å². The van der Waals surface area contributed by atoms with Gasteiger partial charge in [0.15, 0.2) is 0 Å². The number of hydrogen-bond acceptors (Lipinski definition) is 3. The molecule has 0 bridgehead atoms. The van der Waals surface area contributed by atoms with Crippen molar-refractivity contribution >= 4 is 0 Å². The van der Waals surface area contributed by atoms with Crippen LogP contribution < -0.4 is 5.32 Å². The zero-order valence-electron chi connectivity index (χ0n) is 4.67. The lowest BCUT2D eigenvalue weighted by Gasteiger charge is -2.23. The summed E-state index contributed by atoms with van der Waals surface area (Å²) in [6, 6.07) is 0. The van der Waals surface area contributed by atoms with Crippen LogP contribution in [0, 0.1) is 0 Å². The Morgan fingerprint density at radius 2 is 2.12 bits per heavy atom. The first-order chi connectivity index (χ1) is 3.80. The van der Waals surface area contributed by atoms with Gasteiger partial charge in [0.2, 0.25) is 0 Å². The molecule has 3 nitrogen and oxygen atoms in total. The minimum Gasteiger partial charge on any atom is -0.389 e. The number of piperidine rings is 1. The molecular formula is C5H11NO2. The number of hydrogen-bond donors (Lipinski definition) is 3. The second kappa shape index (κ2) is 2.44. The summed E-state index contributed by atoms with van der Waals surface area (Å²) in [6.45, 7) is 0.818. The molecular weight excluding hydrogens is 106 g/mol. The predicted molar refractivity (Wildman–Crippen MR) is 29.3 cm³/mol. The minimum atomic E-state index is -0.691. The van der Waals surface area contributed by atoms with Gasteiger partial charge in [-0.15, -0.1) is 0 Å². The van der Waals surface area contributed by atoms with Crippen molar-refractivity contribution in [1.82, 2.24) is 5.32 Å². The first kappa shape index (κ1) is 6.01. The average molecular weight is 117 g/mol. The van der Waals surface area contributed by atoms with Crippen LogP contribution in [0.15, 0.2) is 0 Å². The Bertz CT molecular complexity index is 66.8. The van der Waals surface area contributed by atoms with Gasteiger partial charge in [-0.2, -0.15) is 0 Å². The first-order valence-corrected chi connectivity index (χ1v) is 2.90. The van der Waals surface area contributed by atoms with E-state index in [9.17, 15) is 0 Å². The van der Waals surface area contributed by atoms with Crippen molar-refractivity contribution < 1.29 is 10.2 Å². The van der Waals surface area contributed by atoms with E-state index < -0.39 is 12.3 Å². The topological polar surface area (TPSA) is 52.5 Å². The van der Waals surface area contributed by atoms with E-state index in [1.165, 1.54) is 0 Å². The standard InChI is InChI=1S/C5H11NO2/c7-4-2-1-3-6-5(4)8/h4-8H,1-3H2. The fourth-order valence-electron chi connectivity index (χ4n) is 0.855. The summed E-state index contributed by atoms with van der Waals surface area (Å²) < 4.78 is 0. The van der Waals surface area contributed by atoms with E-state index in [-0.39, 0.29) is 0 Å². The Morgan fingerprint density at radius 1 is 1.38 bits per heavy atom. The van der Waals surface area contributed by atoms with Crippen molar-refractivity contribution in [1.29, 1.82) is 0 Å². The van der Waals surface area contributed by atoms with Gasteiger partial charge in [0.05, 0.1) is 6.10 Å². The summed E-state index contributed by atoms with van der Waals surface area (Å²) in [7, 11) is 0. The molecule has 1 aliphatic rings. The molecule has 2 atom stereocenters. The molecule has 1 rings (SSSR count). The molecule has 8 heavy (non-hydrogen) atoms. The summed E-state index contributed by atoms with van der Waals surface area (Å²) in [4.78, 5) is 0. The molecule has 1 aliphatic heterocycles. The molecule has 0 aromatic rings. The van der Waals surface area contributed by atoms with Crippen LogP contribution in [-0.2, 0) is 0 Å². The smallest absolute Gasteiger partial charge is 0.131 e. The fraction of sp³-hybridized carbons (Fsp3) is 1.00. The Hall–Kier alpha value is -0.120. The maximum Gasteiger partial charge on any atom is 0.131 e. The molecule has 1 heterocycles. The number of aliphatic hydroxyl groups is 2. The molecule has 0 aromatic heterocycles. The molecule has 3 N–H and O–H groups in total. The summed E-state index contributed by atoms with van der Waals surface area (Å²) in [5, 5.41) is 20.4. The highest BCUT2D eigenvalue weighted by molar-refractivity contribution is 4.70. The molecule has 3 heteroatoms. The molecule has 0 aliphatic carbocycles.